The van der Waals surface area contributed by atoms with Crippen LogP contribution >= 0.6 is 11.6 Å². The van der Waals surface area contributed by atoms with Gasteiger partial charge in [-0.2, -0.15) is 0 Å². The minimum Gasteiger partial charge on any atom is -0.373 e. The van der Waals surface area contributed by atoms with E-state index < -0.39 is 16.1 Å². The van der Waals surface area contributed by atoms with Gasteiger partial charge in [0, 0.05) is 30.8 Å². The fourth-order valence-corrected chi connectivity index (χ4v) is 4.43. The Morgan fingerprint density at radius 2 is 1.79 bits per heavy atom. The third-order valence-corrected chi connectivity index (χ3v) is 6.27. The van der Waals surface area contributed by atoms with Crippen molar-refractivity contribution in [3.8, 4) is 0 Å². The lowest BCUT2D eigenvalue weighted by Gasteiger charge is -2.30. The van der Waals surface area contributed by atoms with E-state index in [0.29, 0.717) is 30.2 Å². The minimum absolute atomic E-state index is 0.332. The molecule has 0 aliphatic heterocycles. The zero-order valence-electron chi connectivity index (χ0n) is 17.2. The van der Waals surface area contributed by atoms with E-state index in [9.17, 15) is 13.2 Å². The minimum atomic E-state index is -3.68. The van der Waals surface area contributed by atoms with Gasteiger partial charge in [0.2, 0.25) is 15.9 Å². The summed E-state index contributed by atoms with van der Waals surface area (Å²) in [6, 6.07) is 14.0. The number of sulfonamides is 1. The first kappa shape index (κ1) is 23.0. The van der Waals surface area contributed by atoms with Crippen molar-refractivity contribution in [3.05, 3.63) is 59.1 Å². The van der Waals surface area contributed by atoms with Crippen molar-refractivity contribution >= 4 is 38.9 Å². The van der Waals surface area contributed by atoms with Crippen LogP contribution in [0.25, 0.3) is 0 Å². The molecule has 0 radical (unpaired) electrons. The number of rotatable bonds is 9. The smallest absolute Gasteiger partial charge is 0.243 e. The van der Waals surface area contributed by atoms with E-state index in [0.717, 1.165) is 21.8 Å². The third kappa shape index (κ3) is 6.11. The summed E-state index contributed by atoms with van der Waals surface area (Å²) >= 11 is 6.18. The van der Waals surface area contributed by atoms with Crippen molar-refractivity contribution in [2.45, 2.75) is 26.3 Å². The molecule has 0 bridgehead atoms. The summed E-state index contributed by atoms with van der Waals surface area (Å²) in [5, 5.41) is 3.32. The van der Waals surface area contributed by atoms with Gasteiger partial charge in [-0.3, -0.25) is 9.10 Å². The number of halogens is 1. The van der Waals surface area contributed by atoms with Gasteiger partial charge in [0.25, 0.3) is 0 Å². The number of nitrogens with zero attached hydrogens (tertiary/aromatic N) is 2. The average molecular weight is 438 g/mol. The van der Waals surface area contributed by atoms with Crippen LogP contribution in [0.5, 0.6) is 0 Å². The fourth-order valence-electron chi connectivity index (χ4n) is 3.06. The van der Waals surface area contributed by atoms with Crippen LogP contribution in [-0.2, 0) is 14.8 Å². The normalized spacial score (nSPS) is 12.3. The Kier molecular flexibility index (Phi) is 7.93. The number of anilines is 2. The highest BCUT2D eigenvalue weighted by molar-refractivity contribution is 7.92. The number of hydrogen-bond donors (Lipinski definition) is 1. The molecule has 2 aromatic rings. The number of carbonyl (C=O) groups excluding carboxylic acids is 1. The van der Waals surface area contributed by atoms with Gasteiger partial charge >= 0.3 is 0 Å². The monoisotopic (exact) mass is 437 g/mol. The molecule has 158 valence electrons. The first-order chi connectivity index (χ1) is 13.6. The van der Waals surface area contributed by atoms with Gasteiger partial charge in [0.1, 0.15) is 6.04 Å². The second-order valence-electron chi connectivity index (χ2n) is 6.96. The second-order valence-corrected chi connectivity index (χ2v) is 9.23. The Bertz CT molecular complexity index is 935. The van der Waals surface area contributed by atoms with Crippen LogP contribution in [0.4, 0.5) is 11.4 Å². The van der Waals surface area contributed by atoms with Crippen LogP contribution in [0, 0.1) is 6.92 Å². The van der Waals surface area contributed by atoms with E-state index in [1.54, 1.807) is 25.1 Å². The molecule has 0 aliphatic carbocycles. The van der Waals surface area contributed by atoms with Crippen molar-refractivity contribution < 1.29 is 13.2 Å². The van der Waals surface area contributed by atoms with Crippen molar-refractivity contribution in [3.63, 3.8) is 0 Å². The molecule has 1 amide bonds. The predicted octanol–water partition coefficient (Wildman–Crippen LogP) is 3.45. The van der Waals surface area contributed by atoms with Gasteiger partial charge < -0.3 is 10.2 Å². The molecule has 1 unspecified atom stereocenters. The molecule has 1 atom stereocenters. The summed E-state index contributed by atoms with van der Waals surface area (Å²) in [6.45, 7) is 4.62. The molecule has 0 aromatic heterocycles. The van der Waals surface area contributed by atoms with Crippen LogP contribution in [0.15, 0.2) is 48.5 Å². The predicted molar refractivity (Wildman–Crippen MR) is 120 cm³/mol. The van der Waals surface area contributed by atoms with Gasteiger partial charge in [-0.15, -0.1) is 0 Å². The zero-order valence-corrected chi connectivity index (χ0v) is 18.8. The number of para-hydroxylation sites is 1. The summed E-state index contributed by atoms with van der Waals surface area (Å²) in [6.07, 6.45) is 1.43. The van der Waals surface area contributed by atoms with E-state index >= 15 is 0 Å². The Labute approximate surface area is 178 Å². The van der Waals surface area contributed by atoms with Crippen LogP contribution < -0.4 is 14.5 Å². The summed E-state index contributed by atoms with van der Waals surface area (Å²) in [4.78, 5) is 14.9. The van der Waals surface area contributed by atoms with Crippen molar-refractivity contribution in [1.82, 2.24) is 5.32 Å². The van der Waals surface area contributed by atoms with Crippen LogP contribution in [0.1, 0.15) is 18.9 Å². The summed E-state index contributed by atoms with van der Waals surface area (Å²) in [5.41, 5.74) is 2.26. The number of likely N-dealkylation sites (N-methyl/N-ethyl adjacent to an activating group) is 1. The molecule has 1 N–H and O–H groups in total. The number of nitrogens with one attached hydrogen (secondary N) is 1. The maximum atomic E-state index is 12.8. The lowest BCUT2D eigenvalue weighted by Crippen LogP contribution is -2.50. The molecular weight excluding hydrogens is 410 g/mol. The molecule has 0 saturated heterocycles. The highest BCUT2D eigenvalue weighted by atomic mass is 35.5. The van der Waals surface area contributed by atoms with Crippen molar-refractivity contribution in [2.75, 3.05) is 35.6 Å². The molecule has 2 aromatic carbocycles. The largest absolute Gasteiger partial charge is 0.373 e. The first-order valence-corrected chi connectivity index (χ1v) is 11.7. The first-order valence-electron chi connectivity index (χ1n) is 9.44. The van der Waals surface area contributed by atoms with Gasteiger partial charge in [-0.1, -0.05) is 42.8 Å². The van der Waals surface area contributed by atoms with E-state index in [2.05, 4.69) is 5.32 Å². The molecule has 0 heterocycles. The number of amides is 1. The lowest BCUT2D eigenvalue weighted by atomic mass is 10.1. The van der Waals surface area contributed by atoms with E-state index in [1.165, 1.54) is 0 Å². The van der Waals surface area contributed by atoms with Gasteiger partial charge in [-0.25, -0.2) is 8.42 Å². The van der Waals surface area contributed by atoms with Crippen LogP contribution in [0.2, 0.25) is 5.02 Å². The van der Waals surface area contributed by atoms with Crippen LogP contribution in [0.3, 0.4) is 0 Å². The van der Waals surface area contributed by atoms with Crippen LogP contribution in [-0.4, -0.2) is 46.8 Å². The molecular formula is C21H28ClN3O3S. The van der Waals surface area contributed by atoms with Gasteiger partial charge in [-0.05, 0) is 43.2 Å². The van der Waals surface area contributed by atoms with E-state index in [1.807, 2.05) is 49.2 Å². The number of aryl methyl sites for hydroxylation is 1. The lowest BCUT2D eigenvalue weighted by molar-refractivity contribution is -0.122. The van der Waals surface area contributed by atoms with E-state index in [-0.39, 0.29) is 5.91 Å². The summed E-state index contributed by atoms with van der Waals surface area (Å²) in [7, 11) is -1.74. The molecule has 0 aliphatic rings. The standard InChI is InChI=1S/C21H28ClN3O3S/c1-5-20(21(26)23-13-14-24(3)17-9-7-6-8-10-17)25(29(4,27)28)18-12-11-16(2)19(22)15-18/h6-12,15,20H,5,13-14H2,1-4H3,(H,23,26). The molecule has 6 nitrogen and oxygen atoms in total. The molecule has 8 heteroatoms. The Morgan fingerprint density at radius 1 is 1.14 bits per heavy atom. The molecule has 29 heavy (non-hydrogen) atoms. The highest BCUT2D eigenvalue weighted by Gasteiger charge is 2.31. The average Bonchev–Trinajstić information content (AvgIpc) is 2.67. The zero-order chi connectivity index (χ0) is 21.6. The summed E-state index contributed by atoms with van der Waals surface area (Å²) < 4.78 is 26.1. The topological polar surface area (TPSA) is 69.7 Å². The van der Waals surface area contributed by atoms with Crippen molar-refractivity contribution in [2.24, 2.45) is 0 Å². The van der Waals surface area contributed by atoms with Crippen molar-refractivity contribution in [1.29, 1.82) is 0 Å². The maximum absolute atomic E-state index is 12.8. The number of carbonyl (C=O) groups is 1. The third-order valence-electron chi connectivity index (χ3n) is 4.68. The SMILES string of the molecule is CCC(C(=O)NCCN(C)c1ccccc1)N(c1ccc(C)c(Cl)c1)S(C)(=O)=O. The molecule has 2 rings (SSSR count). The molecule has 0 saturated carbocycles. The number of benzene rings is 2. The maximum Gasteiger partial charge on any atom is 0.243 e. The Morgan fingerprint density at radius 3 is 2.34 bits per heavy atom. The second kappa shape index (κ2) is 9.98. The van der Waals surface area contributed by atoms with Gasteiger partial charge in [0.15, 0.2) is 0 Å². The quantitative estimate of drug-likeness (QED) is 0.652. The molecule has 0 fully saturated rings. The summed E-state index contributed by atoms with van der Waals surface area (Å²) in [5.74, 6) is -0.337. The fraction of sp³-hybridized carbons (Fsp3) is 0.381. The highest BCUT2D eigenvalue weighted by Crippen LogP contribution is 2.27. The Hall–Kier alpha value is -2.25. The molecule has 0 spiro atoms. The number of hydrogen-bond acceptors (Lipinski definition) is 4. The van der Waals surface area contributed by atoms with E-state index in [4.69, 9.17) is 11.6 Å². The Balaban J connectivity index is 2.13. The van der Waals surface area contributed by atoms with Gasteiger partial charge in [0.05, 0.1) is 11.9 Å².